The van der Waals surface area contributed by atoms with Crippen molar-refractivity contribution in [3.63, 3.8) is 0 Å². The molecule has 0 saturated heterocycles. The van der Waals surface area contributed by atoms with Crippen molar-refractivity contribution in [3.8, 4) is 0 Å². The normalized spacial score (nSPS) is 12.0. The van der Waals surface area contributed by atoms with Crippen LogP contribution >= 0.6 is 0 Å². The van der Waals surface area contributed by atoms with Gasteiger partial charge in [-0.1, -0.05) is 57.4 Å². The first-order valence-electron chi connectivity index (χ1n) is 19.8. The summed E-state index contributed by atoms with van der Waals surface area (Å²) in [6.07, 6.45) is 14.3. The van der Waals surface area contributed by atoms with Crippen LogP contribution in [0.3, 0.4) is 0 Å². The molecule has 0 rings (SSSR count). The van der Waals surface area contributed by atoms with Gasteiger partial charge in [0.2, 0.25) is 23.6 Å². The third-order valence-electron chi connectivity index (χ3n) is 8.27. The number of unbranched alkanes of at least 4 members (excludes halogenated alkanes) is 10. The number of amides is 4. The highest BCUT2D eigenvalue weighted by Gasteiger charge is 2.20. The average Bonchev–Trinajstić information content (AvgIpc) is 3.15. The molecule has 0 heterocycles. The Bertz CT molecular complexity index is 1060. The fourth-order valence-electron chi connectivity index (χ4n) is 5.11. The van der Waals surface area contributed by atoms with E-state index in [-0.39, 0.29) is 121 Å². The Morgan fingerprint density at radius 1 is 0.527 bits per heavy atom. The van der Waals surface area contributed by atoms with E-state index in [1.165, 1.54) is 0 Å². The van der Waals surface area contributed by atoms with Crippen molar-refractivity contribution < 1.29 is 57.9 Å². The molecule has 2 unspecified atom stereocenters. The van der Waals surface area contributed by atoms with Gasteiger partial charge in [-0.25, -0.2) is 4.79 Å². The van der Waals surface area contributed by atoms with Crippen molar-refractivity contribution in [1.29, 1.82) is 0 Å². The van der Waals surface area contributed by atoms with Crippen LogP contribution in [-0.4, -0.2) is 130 Å². The van der Waals surface area contributed by atoms with Gasteiger partial charge in [-0.05, 0) is 38.5 Å². The van der Waals surface area contributed by atoms with Gasteiger partial charge >= 0.3 is 11.9 Å². The Kier molecular flexibility index (Phi) is 34.8. The molecule has 17 nitrogen and oxygen atoms in total. The summed E-state index contributed by atoms with van der Waals surface area (Å²) in [6, 6.07) is -1.16. The second-order valence-electron chi connectivity index (χ2n) is 13.2. The summed E-state index contributed by atoms with van der Waals surface area (Å²) < 4.78 is 21.3. The molecule has 55 heavy (non-hydrogen) atoms. The molecule has 0 aliphatic rings. The first kappa shape index (κ1) is 51.4. The number of hydrogen-bond acceptors (Lipinski definition) is 11. The predicted molar refractivity (Wildman–Crippen MR) is 206 cm³/mol. The Morgan fingerprint density at radius 3 is 1.51 bits per heavy atom. The fourth-order valence-corrected chi connectivity index (χ4v) is 5.11. The Balaban J connectivity index is 3.66. The third-order valence-corrected chi connectivity index (χ3v) is 8.27. The lowest BCUT2D eigenvalue weighted by atomic mass is 10.0. The number of aliphatic carboxylic acids is 2. The van der Waals surface area contributed by atoms with Gasteiger partial charge in [-0.2, -0.15) is 0 Å². The molecule has 0 saturated carbocycles. The monoisotopic (exact) mass is 787 g/mol. The van der Waals surface area contributed by atoms with Gasteiger partial charge in [0.15, 0.2) is 0 Å². The number of nitrogens with two attached hydrogens (primary N) is 1. The second-order valence-corrected chi connectivity index (χ2v) is 13.2. The predicted octanol–water partition coefficient (Wildman–Crippen LogP) is 2.20. The third kappa shape index (κ3) is 37.1. The molecular formula is C38H69N5O12. The largest absolute Gasteiger partial charge is 0.481 e. The summed E-state index contributed by atoms with van der Waals surface area (Å²) in [6.45, 7) is 5.89. The van der Waals surface area contributed by atoms with Gasteiger partial charge in [0, 0.05) is 44.9 Å². The smallest absolute Gasteiger partial charge is 0.326 e. The van der Waals surface area contributed by atoms with E-state index in [0.717, 1.165) is 77.0 Å². The van der Waals surface area contributed by atoms with Gasteiger partial charge in [0.05, 0.1) is 39.6 Å². The van der Waals surface area contributed by atoms with E-state index in [1.54, 1.807) is 6.08 Å². The van der Waals surface area contributed by atoms with E-state index >= 15 is 0 Å². The standard InChI is InChI=1S/C38H69N5O12/c1-2-31(39)15-13-14-20-40-35(46)29-54-27-26-53-24-22-42-36(47)30-55-28-25-52-23-21-41-33(44)19-18-32(38(50)51)43-34(45)16-11-9-7-5-3-4-6-8-10-12-17-37(48)49/h2,31-32H,1,3-30,39H2,(H,40,46)(H,41,44)(H,42,47)(H,43,45)(H,48,49)(H,50,51). The van der Waals surface area contributed by atoms with Crippen LogP contribution in [0, 0.1) is 0 Å². The lowest BCUT2D eigenvalue weighted by Crippen LogP contribution is -2.41. The van der Waals surface area contributed by atoms with Crippen LogP contribution in [0.5, 0.6) is 0 Å². The molecule has 0 spiro atoms. The molecule has 0 aromatic heterocycles. The maximum atomic E-state index is 12.2. The summed E-state index contributed by atoms with van der Waals surface area (Å²) in [5.74, 6) is -3.14. The molecule has 8 N–H and O–H groups in total. The summed E-state index contributed by atoms with van der Waals surface area (Å²) in [7, 11) is 0. The molecule has 17 heteroatoms. The van der Waals surface area contributed by atoms with E-state index in [9.17, 15) is 33.9 Å². The number of ether oxygens (including phenoxy) is 4. The lowest BCUT2D eigenvalue weighted by molar-refractivity contribution is -0.142. The van der Waals surface area contributed by atoms with Crippen molar-refractivity contribution in [2.24, 2.45) is 5.73 Å². The summed E-state index contributed by atoms with van der Waals surface area (Å²) >= 11 is 0. The summed E-state index contributed by atoms with van der Waals surface area (Å²) in [5.41, 5.74) is 5.75. The minimum atomic E-state index is -1.19. The van der Waals surface area contributed by atoms with Crippen LogP contribution in [0.1, 0.15) is 109 Å². The van der Waals surface area contributed by atoms with Crippen molar-refractivity contribution >= 4 is 35.6 Å². The van der Waals surface area contributed by atoms with Gasteiger partial charge in [-0.3, -0.25) is 24.0 Å². The molecule has 0 bridgehead atoms. The van der Waals surface area contributed by atoms with Crippen LogP contribution in [0.25, 0.3) is 0 Å². The molecule has 0 aliphatic carbocycles. The van der Waals surface area contributed by atoms with E-state index in [0.29, 0.717) is 13.0 Å². The zero-order valence-corrected chi connectivity index (χ0v) is 32.8. The highest BCUT2D eigenvalue weighted by Crippen LogP contribution is 2.12. The Morgan fingerprint density at radius 2 is 1.00 bits per heavy atom. The van der Waals surface area contributed by atoms with Gasteiger partial charge in [0.1, 0.15) is 19.3 Å². The van der Waals surface area contributed by atoms with Crippen molar-refractivity contribution in [2.45, 2.75) is 121 Å². The second kappa shape index (κ2) is 37.3. The summed E-state index contributed by atoms with van der Waals surface area (Å²) in [5, 5.41) is 28.7. The van der Waals surface area contributed by atoms with E-state index < -0.39 is 18.0 Å². The first-order chi connectivity index (χ1) is 26.5. The van der Waals surface area contributed by atoms with Crippen LogP contribution in [0.4, 0.5) is 0 Å². The maximum absolute atomic E-state index is 12.2. The number of nitrogens with one attached hydrogen (secondary N) is 4. The van der Waals surface area contributed by atoms with Gasteiger partial charge < -0.3 is 56.2 Å². The van der Waals surface area contributed by atoms with E-state index in [1.807, 2.05) is 0 Å². The average molecular weight is 788 g/mol. The molecule has 0 aromatic rings. The number of carboxylic acid groups (broad SMARTS) is 2. The molecule has 0 radical (unpaired) electrons. The number of hydrogen-bond donors (Lipinski definition) is 7. The number of carboxylic acids is 2. The molecule has 318 valence electrons. The lowest BCUT2D eigenvalue weighted by Gasteiger charge is -2.14. The topological polar surface area (TPSA) is 254 Å². The van der Waals surface area contributed by atoms with Crippen LogP contribution in [0.2, 0.25) is 0 Å². The highest BCUT2D eigenvalue weighted by atomic mass is 16.5. The van der Waals surface area contributed by atoms with Crippen LogP contribution in [-0.2, 0) is 47.7 Å². The van der Waals surface area contributed by atoms with Crippen LogP contribution < -0.4 is 27.0 Å². The molecule has 0 fully saturated rings. The minimum absolute atomic E-state index is 0.0173. The quantitative estimate of drug-likeness (QED) is 0.0348. The Hall–Kier alpha value is -3.64. The molecular weight excluding hydrogens is 718 g/mol. The van der Waals surface area contributed by atoms with E-state index in [4.69, 9.17) is 29.8 Å². The highest BCUT2D eigenvalue weighted by molar-refractivity contribution is 5.84. The summed E-state index contributed by atoms with van der Waals surface area (Å²) in [4.78, 5) is 70.1. The minimum Gasteiger partial charge on any atom is -0.481 e. The van der Waals surface area contributed by atoms with Crippen LogP contribution in [0.15, 0.2) is 12.7 Å². The number of rotatable bonds is 40. The SMILES string of the molecule is C=CC(N)CCCCNC(=O)COCCOCCNC(=O)COCCOCCNC(=O)CCC(NC(=O)CCCCCCCCCCCCC(=O)O)C(=O)O. The molecule has 2 atom stereocenters. The van der Waals surface area contributed by atoms with Crippen molar-refractivity contribution in [2.75, 3.05) is 72.5 Å². The molecule has 4 amide bonds. The van der Waals surface area contributed by atoms with E-state index in [2.05, 4.69) is 27.8 Å². The zero-order chi connectivity index (χ0) is 40.8. The maximum Gasteiger partial charge on any atom is 0.326 e. The van der Waals surface area contributed by atoms with Gasteiger partial charge in [0.25, 0.3) is 0 Å². The van der Waals surface area contributed by atoms with Crippen molar-refractivity contribution in [1.82, 2.24) is 21.3 Å². The molecule has 0 aliphatic heterocycles. The number of carbonyl (C=O) groups is 6. The Labute approximate surface area is 326 Å². The molecule has 0 aromatic carbocycles. The van der Waals surface area contributed by atoms with Crippen molar-refractivity contribution in [3.05, 3.63) is 12.7 Å². The zero-order valence-electron chi connectivity index (χ0n) is 32.8. The number of carbonyl (C=O) groups excluding carboxylic acids is 4. The fraction of sp³-hybridized carbons (Fsp3) is 0.789. The first-order valence-corrected chi connectivity index (χ1v) is 19.8. The van der Waals surface area contributed by atoms with Gasteiger partial charge in [-0.15, -0.1) is 6.58 Å².